The number of terminal acetylenes is 1. The number of carbonyl (C=O) groups is 3. The van der Waals surface area contributed by atoms with Gasteiger partial charge in [-0.15, -0.1) is 6.42 Å². The van der Waals surface area contributed by atoms with Crippen molar-refractivity contribution in [2.75, 3.05) is 19.6 Å². The number of fused-ring (bicyclic) bond motifs is 1. The van der Waals surface area contributed by atoms with E-state index in [4.69, 9.17) is 6.42 Å². The molecule has 40 heavy (non-hydrogen) atoms. The second kappa shape index (κ2) is 12.6. The molecular formula is C27H40F6N4O3. The fourth-order valence-corrected chi connectivity index (χ4v) is 5.25. The zero-order chi connectivity index (χ0) is 30.7. The van der Waals surface area contributed by atoms with Crippen LogP contribution in [0.25, 0.3) is 0 Å². The van der Waals surface area contributed by atoms with Gasteiger partial charge in [0.1, 0.15) is 0 Å². The number of piperidine rings is 1. The van der Waals surface area contributed by atoms with Crippen LogP contribution < -0.4 is 16.0 Å². The maximum Gasteiger partial charge on any atom is 0.412 e. The van der Waals surface area contributed by atoms with Crippen molar-refractivity contribution >= 4 is 18.2 Å². The Balaban J connectivity index is 0.000000257. The van der Waals surface area contributed by atoms with Gasteiger partial charge in [-0.25, -0.2) is 0 Å². The third-order valence-electron chi connectivity index (χ3n) is 7.83. The molecule has 3 N–H and O–H groups in total. The molecule has 4 aliphatic rings. The molecule has 2 saturated carbocycles. The Hall–Kier alpha value is -2.49. The number of halogens is 6. The quantitative estimate of drug-likeness (QED) is 0.243. The number of amides is 3. The average molecular weight is 583 g/mol. The molecule has 4 unspecified atom stereocenters. The number of nitrogens with one attached hydrogen (secondary N) is 3. The van der Waals surface area contributed by atoms with Crippen molar-refractivity contribution in [1.82, 2.24) is 20.9 Å². The lowest BCUT2D eigenvalue weighted by Crippen LogP contribution is -2.55. The van der Waals surface area contributed by atoms with E-state index in [0.29, 0.717) is 37.8 Å². The number of carbonyl (C=O) groups excluding carboxylic acids is 3. The molecule has 2 aliphatic carbocycles. The third kappa shape index (κ3) is 9.01. The zero-order valence-electron chi connectivity index (χ0n) is 23.5. The molecule has 0 aromatic heterocycles. The molecule has 0 aromatic rings. The summed E-state index contributed by atoms with van der Waals surface area (Å²) in [6, 6.07) is -4.00. The molecule has 228 valence electrons. The lowest BCUT2D eigenvalue weighted by molar-refractivity contribution is -0.258. The van der Waals surface area contributed by atoms with E-state index in [2.05, 4.69) is 37.3 Å². The van der Waals surface area contributed by atoms with Crippen LogP contribution in [0, 0.1) is 41.4 Å². The van der Waals surface area contributed by atoms with Crippen molar-refractivity contribution in [3.63, 3.8) is 0 Å². The lowest BCUT2D eigenvalue weighted by atomic mass is 9.96. The molecule has 2 heterocycles. The molecule has 4 fully saturated rings. The Morgan fingerprint density at radius 3 is 2.00 bits per heavy atom. The fraction of sp³-hybridized carbons (Fsp3) is 0.815. The van der Waals surface area contributed by atoms with Crippen LogP contribution in [-0.4, -0.2) is 72.7 Å². The Morgan fingerprint density at radius 2 is 1.62 bits per heavy atom. The Labute approximate surface area is 231 Å². The molecule has 0 radical (unpaired) electrons. The highest BCUT2D eigenvalue weighted by Crippen LogP contribution is 2.61. The predicted molar refractivity (Wildman–Crippen MR) is 136 cm³/mol. The van der Waals surface area contributed by atoms with Crippen LogP contribution in [0.15, 0.2) is 0 Å². The van der Waals surface area contributed by atoms with Crippen molar-refractivity contribution in [3.05, 3.63) is 0 Å². The first-order valence-electron chi connectivity index (χ1n) is 13.4. The van der Waals surface area contributed by atoms with Crippen LogP contribution in [0.2, 0.25) is 0 Å². The van der Waals surface area contributed by atoms with Crippen molar-refractivity contribution in [3.8, 4) is 12.3 Å². The number of alkyl halides is 6. The zero-order valence-corrected chi connectivity index (χ0v) is 23.5. The van der Waals surface area contributed by atoms with Gasteiger partial charge in [0.2, 0.25) is 24.3 Å². The van der Waals surface area contributed by atoms with E-state index >= 15 is 0 Å². The summed E-state index contributed by atoms with van der Waals surface area (Å²) in [5, 5.41) is 6.82. The van der Waals surface area contributed by atoms with Gasteiger partial charge in [0.05, 0.1) is 12.6 Å². The molecule has 7 nitrogen and oxygen atoms in total. The highest BCUT2D eigenvalue weighted by atomic mass is 19.4. The number of rotatable bonds is 7. The summed E-state index contributed by atoms with van der Waals surface area (Å²) in [5.41, 5.74) is 0.201. The monoisotopic (exact) mass is 582 g/mol. The third-order valence-corrected chi connectivity index (χ3v) is 7.83. The highest BCUT2D eigenvalue weighted by molar-refractivity contribution is 5.83. The number of likely N-dealkylation sites (tertiary alicyclic amines) is 1. The maximum atomic E-state index is 12.3. The van der Waals surface area contributed by atoms with E-state index in [1.165, 1.54) is 10.2 Å². The number of hydrogen-bond donors (Lipinski definition) is 3. The SMILES string of the molecule is C#CC(CC1CC2(CC2)NC1=O)NC=O.CC(C)C.CC1(C)C2CN(C(=O)CNC(C(F)(F)F)C(F)(F)F)CC21. The minimum absolute atomic E-state index is 0.0407. The van der Waals surface area contributed by atoms with Crippen molar-refractivity contribution in [1.29, 1.82) is 0 Å². The van der Waals surface area contributed by atoms with Gasteiger partial charge in [0, 0.05) is 24.5 Å². The van der Waals surface area contributed by atoms with Gasteiger partial charge in [-0.3, -0.25) is 19.7 Å². The molecule has 4 atom stereocenters. The van der Waals surface area contributed by atoms with Crippen LogP contribution in [0.5, 0.6) is 0 Å². The molecule has 1 spiro atoms. The van der Waals surface area contributed by atoms with Crippen molar-refractivity contribution in [2.45, 2.75) is 90.3 Å². The molecule has 2 saturated heterocycles. The normalized spacial score (nSPS) is 26.1. The van der Waals surface area contributed by atoms with E-state index in [9.17, 15) is 40.7 Å². The molecule has 13 heteroatoms. The van der Waals surface area contributed by atoms with E-state index in [1.54, 1.807) is 0 Å². The molecule has 4 rings (SSSR count). The second-order valence-corrected chi connectivity index (χ2v) is 12.4. The first kappa shape index (κ1) is 33.7. The van der Waals surface area contributed by atoms with Crippen LogP contribution >= 0.6 is 0 Å². The van der Waals surface area contributed by atoms with Gasteiger partial charge in [-0.05, 0) is 48.9 Å². The minimum Gasteiger partial charge on any atom is -0.350 e. The van der Waals surface area contributed by atoms with Crippen LogP contribution in [0.1, 0.15) is 60.3 Å². The summed E-state index contributed by atoms with van der Waals surface area (Å²) in [6.45, 7) is 10.4. The molecule has 0 bridgehead atoms. The first-order chi connectivity index (χ1) is 18.3. The smallest absolute Gasteiger partial charge is 0.350 e. The maximum absolute atomic E-state index is 12.3. The Kier molecular flexibility index (Phi) is 10.6. The highest BCUT2D eigenvalue weighted by Gasteiger charge is 2.63. The summed E-state index contributed by atoms with van der Waals surface area (Å²) < 4.78 is 73.8. The second-order valence-electron chi connectivity index (χ2n) is 12.4. The largest absolute Gasteiger partial charge is 0.412 e. The van der Waals surface area contributed by atoms with E-state index < -0.39 is 30.8 Å². The van der Waals surface area contributed by atoms with E-state index in [-0.39, 0.29) is 28.8 Å². The van der Waals surface area contributed by atoms with E-state index in [1.807, 2.05) is 13.8 Å². The van der Waals surface area contributed by atoms with Gasteiger partial charge < -0.3 is 15.5 Å². The Bertz CT molecular complexity index is 925. The van der Waals surface area contributed by atoms with Gasteiger partial charge in [0.15, 0.2) is 0 Å². The van der Waals surface area contributed by atoms with Crippen LogP contribution in [0.4, 0.5) is 26.3 Å². The van der Waals surface area contributed by atoms with Gasteiger partial charge in [-0.2, -0.15) is 26.3 Å². The predicted octanol–water partition coefficient (Wildman–Crippen LogP) is 3.64. The van der Waals surface area contributed by atoms with Gasteiger partial charge in [0.25, 0.3) is 0 Å². The minimum atomic E-state index is -5.48. The number of hydrogen-bond acceptors (Lipinski definition) is 4. The summed E-state index contributed by atoms with van der Waals surface area (Å²) in [6.07, 6.45) is -1.54. The van der Waals surface area contributed by atoms with Gasteiger partial charge in [-0.1, -0.05) is 40.5 Å². The molecular weight excluding hydrogens is 542 g/mol. The van der Waals surface area contributed by atoms with Crippen LogP contribution in [-0.2, 0) is 14.4 Å². The summed E-state index contributed by atoms with van der Waals surface area (Å²) in [5.74, 6) is 3.21. The standard InChI is InChI=1S/C12H16F6N2O.C11H14N2O2.C4H10/c1-10(2)6-4-20(5-7(6)10)8(21)3-19-9(11(13,14)15)12(16,17)18;1-2-9(12-7-14)5-8-6-11(3-4-11)13-10(8)15;1-4(2)3/h6-7,9,19H,3-5H2,1-2H3;1,7-9H,3-6H2,(H,12,14)(H,13,15);4H,1-3H3. The fourth-order valence-electron chi connectivity index (χ4n) is 5.25. The summed E-state index contributed by atoms with van der Waals surface area (Å²) in [4.78, 5) is 34.9. The Morgan fingerprint density at radius 1 is 1.12 bits per heavy atom. The topological polar surface area (TPSA) is 90.5 Å². The summed E-state index contributed by atoms with van der Waals surface area (Å²) >= 11 is 0. The molecule has 2 aliphatic heterocycles. The average Bonchev–Trinajstić information content (AvgIpc) is 3.48. The summed E-state index contributed by atoms with van der Waals surface area (Å²) in [7, 11) is 0. The van der Waals surface area contributed by atoms with E-state index in [0.717, 1.165) is 25.2 Å². The number of nitrogens with zero attached hydrogens (tertiary/aromatic N) is 1. The molecule has 0 aromatic carbocycles. The first-order valence-corrected chi connectivity index (χ1v) is 13.4. The van der Waals surface area contributed by atoms with Gasteiger partial charge >= 0.3 is 12.4 Å². The van der Waals surface area contributed by atoms with Crippen molar-refractivity contribution < 1.29 is 40.7 Å². The molecule has 3 amide bonds. The van der Waals surface area contributed by atoms with Crippen LogP contribution in [0.3, 0.4) is 0 Å². The van der Waals surface area contributed by atoms with Crippen molar-refractivity contribution in [2.24, 2.45) is 29.1 Å². The lowest BCUT2D eigenvalue weighted by Gasteiger charge is -2.26.